The minimum Gasteiger partial charge on any atom is -0.289 e. The van der Waals surface area contributed by atoms with Crippen LogP contribution in [0.15, 0.2) is 36.5 Å². The molecule has 19 heavy (non-hydrogen) atoms. The summed E-state index contributed by atoms with van der Waals surface area (Å²) in [4.78, 5) is 12.0. The molecule has 0 atom stereocenters. The Kier molecular flexibility index (Phi) is 4.17. The third-order valence-corrected chi connectivity index (χ3v) is 3.12. The maximum Gasteiger partial charge on any atom is 0.185 e. The molecule has 0 fully saturated rings. The zero-order chi connectivity index (χ0) is 13.8. The van der Waals surface area contributed by atoms with E-state index >= 15 is 0 Å². The van der Waals surface area contributed by atoms with E-state index < -0.39 is 0 Å². The van der Waals surface area contributed by atoms with Gasteiger partial charge in [-0.2, -0.15) is 5.10 Å². The highest BCUT2D eigenvalue weighted by Gasteiger charge is 2.06. The number of nitrogens with zero attached hydrogens (tertiary/aromatic N) is 2. The second-order valence-electron chi connectivity index (χ2n) is 4.26. The van der Waals surface area contributed by atoms with Crippen LogP contribution in [0.1, 0.15) is 28.5 Å². The summed E-state index contributed by atoms with van der Waals surface area (Å²) in [5.74, 6) is -0.0383. The molecule has 0 amide bonds. The van der Waals surface area contributed by atoms with Gasteiger partial charge in [0, 0.05) is 12.1 Å². The number of carbonyl (C=O) groups is 1. The van der Waals surface area contributed by atoms with E-state index in [1.54, 1.807) is 23.0 Å². The highest BCUT2D eigenvalue weighted by atomic mass is 35.5. The number of ketones is 1. The molecule has 0 saturated heterocycles. The lowest BCUT2D eigenvalue weighted by Gasteiger charge is -2.00. The molecule has 0 radical (unpaired) electrons. The standard InChI is InChI=1S/C15H15ClN2O/c1-3-18-14(13(16)10-17-18)7-8-15(19)12-6-4-5-11(2)9-12/h4-10H,3H2,1-2H3/b8-7+. The van der Waals surface area contributed by atoms with Crippen molar-refractivity contribution in [3.63, 3.8) is 0 Å². The summed E-state index contributed by atoms with van der Waals surface area (Å²) in [7, 11) is 0. The van der Waals surface area contributed by atoms with E-state index in [0.717, 1.165) is 11.3 Å². The second kappa shape index (κ2) is 5.85. The summed E-state index contributed by atoms with van der Waals surface area (Å²) in [6.45, 7) is 4.65. The number of benzene rings is 1. The van der Waals surface area contributed by atoms with E-state index in [1.807, 2.05) is 32.0 Å². The Morgan fingerprint density at radius 3 is 2.95 bits per heavy atom. The van der Waals surface area contributed by atoms with Crippen LogP contribution in [0.4, 0.5) is 0 Å². The van der Waals surface area contributed by atoms with Gasteiger partial charge in [0.2, 0.25) is 0 Å². The Morgan fingerprint density at radius 1 is 1.47 bits per heavy atom. The first-order valence-corrected chi connectivity index (χ1v) is 6.50. The van der Waals surface area contributed by atoms with Gasteiger partial charge >= 0.3 is 0 Å². The molecule has 1 heterocycles. The number of aromatic nitrogens is 2. The summed E-state index contributed by atoms with van der Waals surface area (Å²) in [6.07, 6.45) is 4.83. The van der Waals surface area contributed by atoms with Crippen LogP contribution >= 0.6 is 11.6 Å². The lowest BCUT2D eigenvalue weighted by Crippen LogP contribution is -1.99. The Morgan fingerprint density at radius 2 is 2.26 bits per heavy atom. The van der Waals surface area contributed by atoms with Gasteiger partial charge in [-0.1, -0.05) is 35.4 Å². The van der Waals surface area contributed by atoms with Crippen molar-refractivity contribution in [3.8, 4) is 0 Å². The summed E-state index contributed by atoms with van der Waals surface area (Å²) >= 11 is 6.03. The van der Waals surface area contributed by atoms with Crippen LogP contribution in [0.5, 0.6) is 0 Å². The number of aryl methyl sites for hydroxylation is 2. The van der Waals surface area contributed by atoms with E-state index in [1.165, 1.54) is 6.08 Å². The van der Waals surface area contributed by atoms with Gasteiger partial charge in [0.05, 0.1) is 16.9 Å². The molecule has 0 aliphatic carbocycles. The quantitative estimate of drug-likeness (QED) is 0.628. The van der Waals surface area contributed by atoms with Gasteiger partial charge < -0.3 is 0 Å². The molecule has 0 bridgehead atoms. The fraction of sp³-hybridized carbons (Fsp3) is 0.200. The van der Waals surface area contributed by atoms with Gasteiger partial charge in [-0.05, 0) is 32.1 Å². The molecule has 98 valence electrons. The van der Waals surface area contributed by atoms with E-state index in [-0.39, 0.29) is 5.78 Å². The lowest BCUT2D eigenvalue weighted by molar-refractivity contribution is 0.104. The van der Waals surface area contributed by atoms with Crippen LogP contribution in [-0.4, -0.2) is 15.6 Å². The first-order valence-electron chi connectivity index (χ1n) is 6.12. The minimum absolute atomic E-state index is 0.0383. The molecule has 0 N–H and O–H groups in total. The smallest absolute Gasteiger partial charge is 0.185 e. The van der Waals surface area contributed by atoms with Crippen LogP contribution in [-0.2, 0) is 6.54 Å². The fourth-order valence-electron chi connectivity index (χ4n) is 1.84. The lowest BCUT2D eigenvalue weighted by atomic mass is 10.1. The molecule has 2 rings (SSSR count). The Balaban J connectivity index is 2.23. The number of carbonyl (C=O) groups excluding carboxylic acids is 1. The molecule has 0 unspecified atom stereocenters. The third-order valence-electron chi connectivity index (χ3n) is 2.83. The fourth-order valence-corrected chi connectivity index (χ4v) is 2.04. The average molecular weight is 275 g/mol. The number of hydrogen-bond acceptors (Lipinski definition) is 2. The van der Waals surface area contributed by atoms with Gasteiger partial charge in [0.1, 0.15) is 0 Å². The molecule has 0 aliphatic rings. The summed E-state index contributed by atoms with van der Waals surface area (Å²) in [6, 6.07) is 7.51. The van der Waals surface area contributed by atoms with Crippen LogP contribution < -0.4 is 0 Å². The summed E-state index contributed by atoms with van der Waals surface area (Å²) in [5.41, 5.74) is 2.50. The SMILES string of the molecule is CCn1ncc(Cl)c1/C=C/C(=O)c1cccc(C)c1. The first-order chi connectivity index (χ1) is 9.11. The van der Waals surface area contributed by atoms with Crippen LogP contribution in [0, 0.1) is 6.92 Å². The molecule has 0 spiro atoms. The highest BCUT2D eigenvalue weighted by Crippen LogP contribution is 2.17. The molecular weight excluding hydrogens is 260 g/mol. The number of hydrogen-bond donors (Lipinski definition) is 0. The van der Waals surface area contributed by atoms with Crippen molar-refractivity contribution < 1.29 is 4.79 Å². The van der Waals surface area contributed by atoms with Crippen molar-refractivity contribution in [2.24, 2.45) is 0 Å². The van der Waals surface area contributed by atoms with Gasteiger partial charge in [0.25, 0.3) is 0 Å². The zero-order valence-corrected chi connectivity index (χ0v) is 11.7. The monoisotopic (exact) mass is 274 g/mol. The van der Waals surface area contributed by atoms with Gasteiger partial charge in [0.15, 0.2) is 5.78 Å². The molecule has 4 heteroatoms. The molecule has 0 saturated carbocycles. The van der Waals surface area contributed by atoms with E-state index in [9.17, 15) is 4.79 Å². The van der Waals surface area contributed by atoms with Gasteiger partial charge in [-0.15, -0.1) is 0 Å². The van der Waals surface area contributed by atoms with Crippen molar-refractivity contribution in [2.45, 2.75) is 20.4 Å². The van der Waals surface area contributed by atoms with Crippen molar-refractivity contribution >= 4 is 23.5 Å². The highest BCUT2D eigenvalue weighted by molar-refractivity contribution is 6.31. The Bertz CT molecular complexity index is 629. The zero-order valence-electron chi connectivity index (χ0n) is 10.9. The first kappa shape index (κ1) is 13.6. The van der Waals surface area contributed by atoms with Crippen LogP contribution in [0.25, 0.3) is 6.08 Å². The van der Waals surface area contributed by atoms with Gasteiger partial charge in [-0.25, -0.2) is 0 Å². The maximum absolute atomic E-state index is 12.0. The van der Waals surface area contributed by atoms with Crippen LogP contribution in [0.3, 0.4) is 0 Å². The number of allylic oxidation sites excluding steroid dienone is 1. The molecule has 1 aromatic heterocycles. The van der Waals surface area contributed by atoms with Crippen molar-refractivity contribution in [2.75, 3.05) is 0 Å². The summed E-state index contributed by atoms with van der Waals surface area (Å²) < 4.78 is 1.75. The average Bonchev–Trinajstić information content (AvgIpc) is 2.76. The number of rotatable bonds is 4. The van der Waals surface area contributed by atoms with E-state index in [2.05, 4.69) is 5.10 Å². The third kappa shape index (κ3) is 3.12. The molecule has 1 aromatic carbocycles. The number of halogens is 1. The molecule has 3 nitrogen and oxygen atoms in total. The van der Waals surface area contributed by atoms with E-state index in [0.29, 0.717) is 17.1 Å². The molecular formula is C15H15ClN2O. The Hall–Kier alpha value is -1.87. The topological polar surface area (TPSA) is 34.9 Å². The molecule has 0 aliphatic heterocycles. The van der Waals surface area contributed by atoms with Crippen molar-refractivity contribution in [1.82, 2.24) is 9.78 Å². The van der Waals surface area contributed by atoms with Crippen molar-refractivity contribution in [1.29, 1.82) is 0 Å². The van der Waals surface area contributed by atoms with Gasteiger partial charge in [-0.3, -0.25) is 9.48 Å². The van der Waals surface area contributed by atoms with E-state index in [4.69, 9.17) is 11.6 Å². The van der Waals surface area contributed by atoms with Crippen LogP contribution in [0.2, 0.25) is 5.02 Å². The Labute approximate surface area is 117 Å². The maximum atomic E-state index is 12.0. The normalized spacial score (nSPS) is 11.1. The minimum atomic E-state index is -0.0383. The second-order valence-corrected chi connectivity index (χ2v) is 4.67. The summed E-state index contributed by atoms with van der Waals surface area (Å²) in [5, 5.41) is 4.67. The van der Waals surface area contributed by atoms with Crippen molar-refractivity contribution in [3.05, 3.63) is 58.4 Å². The largest absolute Gasteiger partial charge is 0.289 e. The predicted octanol–water partition coefficient (Wildman–Crippen LogP) is 3.76. The predicted molar refractivity (Wildman–Crippen MR) is 77.5 cm³/mol. The molecule has 2 aromatic rings.